The molecule has 1 saturated heterocycles. The number of rotatable bonds is 37. The maximum Gasteiger partial charge on any atom is 0.220 e. The third kappa shape index (κ3) is 26.5. The zero-order valence-corrected chi connectivity index (χ0v) is 34.7. The fraction of sp³-hybridized carbons (Fsp3) is 0.889. The number of nitrogens with one attached hydrogen (secondary N) is 1. The third-order valence-electron chi connectivity index (χ3n) is 10.8. The number of carbonyl (C=O) groups is 1. The summed E-state index contributed by atoms with van der Waals surface area (Å²) in [5, 5.41) is 54.1. The molecule has 1 amide bonds. The number of carbonyl (C=O) groups excluding carboxylic acids is 1. The van der Waals surface area contributed by atoms with E-state index < -0.39 is 49.5 Å². The standard InChI is InChI=1S/C45H85NO8/c1-3-5-7-9-11-13-15-17-19-20-21-23-25-27-29-31-33-35-41(49)46-38(37-53-45-44(52)43(51)42(50)40(36-47)54-45)39(48)34-32-30-28-26-24-22-18-16-14-12-10-8-6-4-2/h24,26,32,34,38-40,42-45,47-48,50-52H,3-23,25,27-31,33,35-37H2,1-2H3,(H,46,49)/b26-24+,34-32+. The highest BCUT2D eigenvalue weighted by Gasteiger charge is 2.44. The van der Waals surface area contributed by atoms with Gasteiger partial charge in [0.15, 0.2) is 6.29 Å². The smallest absolute Gasteiger partial charge is 0.220 e. The summed E-state index contributed by atoms with van der Waals surface area (Å²) in [4.78, 5) is 12.9. The Morgan fingerprint density at radius 2 is 1.06 bits per heavy atom. The van der Waals surface area contributed by atoms with Crippen LogP contribution < -0.4 is 5.32 Å². The van der Waals surface area contributed by atoms with Crippen LogP contribution in [0, 0.1) is 0 Å². The van der Waals surface area contributed by atoms with E-state index >= 15 is 0 Å². The van der Waals surface area contributed by atoms with Crippen LogP contribution in [0.5, 0.6) is 0 Å². The first kappa shape index (κ1) is 50.7. The van der Waals surface area contributed by atoms with Crippen LogP contribution in [0.3, 0.4) is 0 Å². The van der Waals surface area contributed by atoms with Gasteiger partial charge >= 0.3 is 0 Å². The molecule has 0 aromatic rings. The number of unbranched alkanes of at least 4 members (excludes halogenated alkanes) is 25. The number of ether oxygens (including phenoxy) is 2. The number of hydrogen-bond acceptors (Lipinski definition) is 8. The van der Waals surface area contributed by atoms with E-state index in [0.29, 0.717) is 6.42 Å². The molecule has 9 heteroatoms. The minimum atomic E-state index is -1.57. The van der Waals surface area contributed by atoms with Crippen molar-refractivity contribution in [2.75, 3.05) is 13.2 Å². The number of aliphatic hydroxyl groups excluding tert-OH is 5. The molecule has 0 bridgehead atoms. The van der Waals surface area contributed by atoms with Gasteiger partial charge in [-0.2, -0.15) is 0 Å². The SMILES string of the molecule is CCCCCCCCCC/C=C/CC/C=C/C(O)C(COC1OC(CO)C(O)C(O)C1O)NC(=O)CCCCCCCCCCCCCCCCCCC. The van der Waals surface area contributed by atoms with Crippen LogP contribution in [-0.4, -0.2) is 87.5 Å². The molecule has 7 atom stereocenters. The molecular weight excluding hydrogens is 682 g/mol. The van der Waals surface area contributed by atoms with Gasteiger partial charge in [0.2, 0.25) is 5.91 Å². The van der Waals surface area contributed by atoms with Crippen molar-refractivity contribution in [3.63, 3.8) is 0 Å². The van der Waals surface area contributed by atoms with Gasteiger partial charge in [0.1, 0.15) is 24.4 Å². The molecule has 9 nitrogen and oxygen atoms in total. The van der Waals surface area contributed by atoms with Crippen LogP contribution in [0.1, 0.15) is 200 Å². The van der Waals surface area contributed by atoms with E-state index in [1.807, 2.05) is 6.08 Å². The first-order valence-corrected chi connectivity index (χ1v) is 22.6. The number of allylic oxidation sites excluding steroid dienone is 3. The van der Waals surface area contributed by atoms with Crippen LogP contribution in [0.2, 0.25) is 0 Å². The molecule has 1 heterocycles. The second kappa shape index (κ2) is 36.0. The van der Waals surface area contributed by atoms with Crippen molar-refractivity contribution in [1.29, 1.82) is 0 Å². The van der Waals surface area contributed by atoms with E-state index in [0.717, 1.165) is 38.5 Å². The average Bonchev–Trinajstić information content (AvgIpc) is 3.17. The van der Waals surface area contributed by atoms with E-state index in [9.17, 15) is 30.3 Å². The van der Waals surface area contributed by atoms with Gasteiger partial charge in [-0.05, 0) is 32.1 Å². The van der Waals surface area contributed by atoms with Crippen molar-refractivity contribution in [3.05, 3.63) is 24.3 Å². The minimum absolute atomic E-state index is 0.185. The predicted octanol–water partition coefficient (Wildman–Crippen LogP) is 9.11. The fourth-order valence-electron chi connectivity index (χ4n) is 7.11. The molecule has 0 aromatic carbocycles. The average molecular weight is 768 g/mol. The van der Waals surface area contributed by atoms with Gasteiger partial charge in [-0.15, -0.1) is 0 Å². The molecule has 1 aliphatic heterocycles. The van der Waals surface area contributed by atoms with E-state index in [2.05, 4.69) is 31.3 Å². The van der Waals surface area contributed by atoms with Crippen LogP contribution in [-0.2, 0) is 14.3 Å². The molecule has 0 saturated carbocycles. The Balaban J connectivity index is 2.38. The van der Waals surface area contributed by atoms with Gasteiger partial charge in [0.25, 0.3) is 0 Å². The summed E-state index contributed by atoms with van der Waals surface area (Å²) in [6.45, 7) is 3.75. The molecular formula is C45H85NO8. The normalized spacial score (nSPS) is 21.6. The van der Waals surface area contributed by atoms with E-state index in [4.69, 9.17) is 9.47 Å². The van der Waals surface area contributed by atoms with Crippen LogP contribution in [0.25, 0.3) is 0 Å². The van der Waals surface area contributed by atoms with E-state index in [-0.39, 0.29) is 12.5 Å². The van der Waals surface area contributed by atoms with E-state index in [1.54, 1.807) is 6.08 Å². The quantitative estimate of drug-likeness (QED) is 0.0271. The van der Waals surface area contributed by atoms with Gasteiger partial charge in [-0.1, -0.05) is 186 Å². The predicted molar refractivity (Wildman–Crippen MR) is 221 cm³/mol. The van der Waals surface area contributed by atoms with Crippen LogP contribution >= 0.6 is 0 Å². The monoisotopic (exact) mass is 768 g/mol. The minimum Gasteiger partial charge on any atom is -0.394 e. The molecule has 0 aliphatic carbocycles. The lowest BCUT2D eigenvalue weighted by Gasteiger charge is -2.40. The molecule has 1 rings (SSSR count). The second-order valence-electron chi connectivity index (χ2n) is 15.8. The molecule has 54 heavy (non-hydrogen) atoms. The summed E-state index contributed by atoms with van der Waals surface area (Å²) in [6, 6.07) is -0.815. The Morgan fingerprint density at radius 1 is 0.611 bits per heavy atom. The van der Waals surface area contributed by atoms with Crippen molar-refractivity contribution in [2.45, 2.75) is 243 Å². The molecule has 0 spiro atoms. The second-order valence-corrected chi connectivity index (χ2v) is 15.8. The van der Waals surface area contributed by atoms with Crippen LogP contribution in [0.4, 0.5) is 0 Å². The van der Waals surface area contributed by atoms with Gasteiger partial charge in [0, 0.05) is 6.42 Å². The van der Waals surface area contributed by atoms with Crippen molar-refractivity contribution in [1.82, 2.24) is 5.32 Å². The number of amides is 1. The summed E-state index contributed by atoms with van der Waals surface area (Å²) in [5.74, 6) is -0.185. The maximum absolute atomic E-state index is 12.9. The zero-order chi connectivity index (χ0) is 39.5. The largest absolute Gasteiger partial charge is 0.394 e. The lowest BCUT2D eigenvalue weighted by atomic mass is 9.99. The zero-order valence-electron chi connectivity index (χ0n) is 34.7. The molecule has 0 radical (unpaired) electrons. The van der Waals surface area contributed by atoms with Gasteiger partial charge < -0.3 is 40.3 Å². The summed E-state index contributed by atoms with van der Waals surface area (Å²) in [6.07, 6.45) is 35.0. The molecule has 0 aromatic heterocycles. The molecule has 6 N–H and O–H groups in total. The van der Waals surface area contributed by atoms with Gasteiger partial charge in [-0.25, -0.2) is 0 Å². The summed E-state index contributed by atoms with van der Waals surface area (Å²) in [7, 11) is 0. The molecule has 1 fully saturated rings. The Hall–Kier alpha value is -1.33. The first-order valence-electron chi connectivity index (χ1n) is 22.6. The summed E-state index contributed by atoms with van der Waals surface area (Å²) >= 11 is 0. The Kier molecular flexibility index (Phi) is 33.8. The maximum atomic E-state index is 12.9. The van der Waals surface area contributed by atoms with Crippen molar-refractivity contribution < 1.29 is 39.8 Å². The highest BCUT2D eigenvalue weighted by Crippen LogP contribution is 2.22. The third-order valence-corrected chi connectivity index (χ3v) is 10.8. The molecule has 1 aliphatic rings. The fourth-order valence-corrected chi connectivity index (χ4v) is 7.11. The summed E-state index contributed by atoms with van der Waals surface area (Å²) in [5.41, 5.74) is 0. The van der Waals surface area contributed by atoms with E-state index in [1.165, 1.54) is 141 Å². The first-order chi connectivity index (χ1) is 26.3. The number of aliphatic hydroxyl groups is 5. The lowest BCUT2D eigenvalue weighted by molar-refractivity contribution is -0.302. The highest BCUT2D eigenvalue weighted by molar-refractivity contribution is 5.76. The Morgan fingerprint density at radius 3 is 1.56 bits per heavy atom. The number of hydrogen-bond donors (Lipinski definition) is 6. The molecule has 7 unspecified atom stereocenters. The van der Waals surface area contributed by atoms with Gasteiger partial charge in [0.05, 0.1) is 25.4 Å². The molecule has 318 valence electrons. The van der Waals surface area contributed by atoms with Crippen LogP contribution in [0.15, 0.2) is 24.3 Å². The lowest BCUT2D eigenvalue weighted by Crippen LogP contribution is -2.60. The van der Waals surface area contributed by atoms with Crippen molar-refractivity contribution >= 4 is 5.91 Å². The Labute approximate surface area is 330 Å². The van der Waals surface area contributed by atoms with Crippen molar-refractivity contribution in [3.8, 4) is 0 Å². The summed E-state index contributed by atoms with van der Waals surface area (Å²) < 4.78 is 11.2. The van der Waals surface area contributed by atoms with Crippen molar-refractivity contribution in [2.24, 2.45) is 0 Å². The highest BCUT2D eigenvalue weighted by atomic mass is 16.7. The van der Waals surface area contributed by atoms with Gasteiger partial charge in [-0.3, -0.25) is 4.79 Å². The topological polar surface area (TPSA) is 149 Å². The Bertz CT molecular complexity index is 899.